The van der Waals surface area contributed by atoms with Gasteiger partial charge in [0.2, 0.25) is 0 Å². The van der Waals surface area contributed by atoms with E-state index in [1.165, 1.54) is 17.5 Å². The minimum Gasteiger partial charge on any atom is -0.545 e. The van der Waals surface area contributed by atoms with Gasteiger partial charge in [0.05, 0.1) is 5.97 Å². The number of carboxylic acids is 1. The van der Waals surface area contributed by atoms with Gasteiger partial charge in [-0.1, -0.05) is 76.2 Å². The summed E-state index contributed by atoms with van der Waals surface area (Å²) in [5, 5.41) is 11.2. The van der Waals surface area contributed by atoms with E-state index in [0.29, 0.717) is 5.75 Å². The second-order valence-corrected chi connectivity index (χ2v) is 10.2. The largest absolute Gasteiger partial charge is 0.545 e. The van der Waals surface area contributed by atoms with Crippen LogP contribution in [0.1, 0.15) is 62.0 Å². The van der Waals surface area contributed by atoms with Crippen molar-refractivity contribution >= 4 is 5.97 Å². The molecule has 0 saturated heterocycles. The topological polar surface area (TPSA) is 58.6 Å². The molecule has 3 aromatic carbocycles. The van der Waals surface area contributed by atoms with Crippen LogP contribution < -0.4 is 9.84 Å². The lowest BCUT2D eigenvalue weighted by atomic mass is 9.63. The molecule has 4 rings (SSSR count). The number of methoxy groups -OCH3 is 1. The van der Waals surface area contributed by atoms with Crippen molar-refractivity contribution in [1.82, 2.24) is 0 Å². The molecular weight excluding hydrogens is 412 g/mol. The highest BCUT2D eigenvalue weighted by Crippen LogP contribution is 2.47. The second kappa shape index (κ2) is 8.68. The molecule has 1 aliphatic carbocycles. The molecule has 0 atom stereocenters. The highest BCUT2D eigenvalue weighted by Gasteiger charge is 2.37. The third kappa shape index (κ3) is 4.53. The van der Waals surface area contributed by atoms with Gasteiger partial charge in [-0.15, -0.1) is 0 Å². The summed E-state index contributed by atoms with van der Waals surface area (Å²) in [6, 6.07) is 19.6. The third-order valence-electron chi connectivity index (χ3n) is 6.93. The lowest BCUT2D eigenvalue weighted by molar-refractivity contribution is -0.255. The van der Waals surface area contributed by atoms with Crippen molar-refractivity contribution in [2.45, 2.75) is 51.4 Å². The first-order valence-electron chi connectivity index (χ1n) is 11.4. The monoisotopic (exact) mass is 443 g/mol. The Morgan fingerprint density at radius 2 is 1.39 bits per heavy atom. The van der Waals surface area contributed by atoms with Gasteiger partial charge in [-0.25, -0.2) is 0 Å². The van der Waals surface area contributed by atoms with Gasteiger partial charge in [0, 0.05) is 12.7 Å². The molecule has 0 saturated carbocycles. The summed E-state index contributed by atoms with van der Waals surface area (Å²) < 4.78 is 10.9. The predicted molar refractivity (Wildman–Crippen MR) is 129 cm³/mol. The van der Waals surface area contributed by atoms with Crippen molar-refractivity contribution in [1.29, 1.82) is 0 Å². The zero-order chi connectivity index (χ0) is 23.8. The number of ether oxygens (including phenoxy) is 2. The number of carbonyl (C=O) groups excluding carboxylic acids is 1. The van der Waals surface area contributed by atoms with Crippen LogP contribution >= 0.6 is 0 Å². The van der Waals surface area contributed by atoms with Crippen LogP contribution in [0.4, 0.5) is 0 Å². The Labute approximate surface area is 196 Å². The zero-order valence-electron chi connectivity index (χ0n) is 20.0. The first kappa shape index (κ1) is 23.1. The van der Waals surface area contributed by atoms with Crippen LogP contribution in [0.3, 0.4) is 0 Å². The van der Waals surface area contributed by atoms with Crippen molar-refractivity contribution in [3.63, 3.8) is 0 Å². The molecule has 0 heterocycles. The van der Waals surface area contributed by atoms with Crippen LogP contribution in [0.2, 0.25) is 0 Å². The minimum atomic E-state index is -1.19. The first-order chi connectivity index (χ1) is 15.6. The maximum absolute atomic E-state index is 11.2. The number of carboxylic acid groups (broad SMARTS) is 1. The zero-order valence-corrected chi connectivity index (χ0v) is 20.0. The van der Waals surface area contributed by atoms with Crippen molar-refractivity contribution < 1.29 is 19.4 Å². The van der Waals surface area contributed by atoms with E-state index in [1.54, 1.807) is 31.4 Å². The Balaban J connectivity index is 1.81. The minimum absolute atomic E-state index is 0.131. The molecule has 3 aromatic rings. The Hall–Kier alpha value is -3.11. The molecule has 0 N–H and O–H groups in total. The highest BCUT2D eigenvalue weighted by atomic mass is 16.7. The van der Waals surface area contributed by atoms with Crippen LogP contribution in [0.15, 0.2) is 60.7 Å². The normalized spacial score (nSPS) is 16.2. The number of carbonyl (C=O) groups is 1. The lowest BCUT2D eigenvalue weighted by Gasteiger charge is -2.42. The molecule has 0 bridgehead atoms. The number of benzene rings is 3. The number of fused-ring (bicyclic) bond motifs is 1. The second-order valence-electron chi connectivity index (χ2n) is 10.2. The number of hydrogen-bond acceptors (Lipinski definition) is 4. The fourth-order valence-electron chi connectivity index (χ4n) is 4.74. The Kier molecular flexibility index (Phi) is 6.06. The Morgan fingerprint density at radius 3 is 2.03 bits per heavy atom. The van der Waals surface area contributed by atoms with Gasteiger partial charge in [-0.3, -0.25) is 0 Å². The van der Waals surface area contributed by atoms with Gasteiger partial charge < -0.3 is 19.4 Å². The summed E-state index contributed by atoms with van der Waals surface area (Å²) in [4.78, 5) is 11.2. The van der Waals surface area contributed by atoms with E-state index in [-0.39, 0.29) is 23.2 Å². The van der Waals surface area contributed by atoms with E-state index in [9.17, 15) is 9.90 Å². The van der Waals surface area contributed by atoms with E-state index in [2.05, 4.69) is 58.0 Å². The van der Waals surface area contributed by atoms with Gasteiger partial charge in [0.25, 0.3) is 0 Å². The van der Waals surface area contributed by atoms with Gasteiger partial charge in [-0.2, -0.15) is 0 Å². The summed E-state index contributed by atoms with van der Waals surface area (Å²) in [5.41, 5.74) is 7.29. The molecular formula is C29H31O4-. The van der Waals surface area contributed by atoms with Crippen LogP contribution in [0.25, 0.3) is 22.3 Å². The molecule has 0 radical (unpaired) electrons. The smallest absolute Gasteiger partial charge is 0.188 e. The van der Waals surface area contributed by atoms with Gasteiger partial charge in [-0.05, 0) is 69.2 Å². The molecule has 0 unspecified atom stereocenters. The molecule has 4 heteroatoms. The summed E-state index contributed by atoms with van der Waals surface area (Å²) in [7, 11) is 1.58. The van der Waals surface area contributed by atoms with E-state index in [1.807, 2.05) is 6.07 Å². The number of rotatable bonds is 6. The Bertz CT molecular complexity index is 1170. The summed E-state index contributed by atoms with van der Waals surface area (Å²) in [5.74, 6) is -0.507. The summed E-state index contributed by atoms with van der Waals surface area (Å²) in [6.07, 6.45) is 2.35. The van der Waals surface area contributed by atoms with Crippen molar-refractivity contribution in [3.8, 4) is 28.0 Å². The van der Waals surface area contributed by atoms with Gasteiger partial charge in [0.1, 0.15) is 5.75 Å². The van der Waals surface area contributed by atoms with E-state index in [0.717, 1.165) is 28.7 Å². The molecule has 0 aliphatic heterocycles. The van der Waals surface area contributed by atoms with Crippen LogP contribution in [0, 0.1) is 0 Å². The van der Waals surface area contributed by atoms with Crippen molar-refractivity contribution in [2.24, 2.45) is 0 Å². The number of hydrogen-bond donors (Lipinski definition) is 0. The van der Waals surface area contributed by atoms with Crippen molar-refractivity contribution in [2.75, 3.05) is 13.9 Å². The quantitative estimate of drug-likeness (QED) is 0.458. The fourth-order valence-corrected chi connectivity index (χ4v) is 4.74. The first-order valence-corrected chi connectivity index (χ1v) is 11.4. The summed E-state index contributed by atoms with van der Waals surface area (Å²) in [6.45, 7) is 9.45. The average molecular weight is 444 g/mol. The number of aromatic carboxylic acids is 1. The molecule has 0 spiro atoms. The van der Waals surface area contributed by atoms with E-state index < -0.39 is 5.97 Å². The third-order valence-corrected chi connectivity index (χ3v) is 6.93. The maximum Gasteiger partial charge on any atom is 0.188 e. The molecule has 1 aliphatic rings. The predicted octanol–water partition coefficient (Wildman–Crippen LogP) is 5.72. The fraction of sp³-hybridized carbons (Fsp3) is 0.345. The van der Waals surface area contributed by atoms with Gasteiger partial charge >= 0.3 is 0 Å². The molecule has 0 fully saturated rings. The van der Waals surface area contributed by atoms with Crippen molar-refractivity contribution in [3.05, 3.63) is 77.4 Å². The molecule has 0 aromatic heterocycles. The maximum atomic E-state index is 11.2. The average Bonchev–Trinajstić information content (AvgIpc) is 2.80. The highest BCUT2D eigenvalue weighted by molar-refractivity contribution is 5.87. The van der Waals surface area contributed by atoms with Crippen LogP contribution in [-0.2, 0) is 15.6 Å². The molecule has 0 amide bonds. The van der Waals surface area contributed by atoms with Gasteiger partial charge in [0.15, 0.2) is 6.79 Å². The van der Waals surface area contributed by atoms with Crippen LogP contribution in [0.5, 0.6) is 5.75 Å². The SMILES string of the molecule is COCOc1ccc(-c2ccc3c(c2)C(C)(C)CCC3(C)C)cc1-c1ccc(C(=O)[O-])cc1. The molecule has 4 nitrogen and oxygen atoms in total. The molecule has 172 valence electrons. The van der Waals surface area contributed by atoms with E-state index >= 15 is 0 Å². The Morgan fingerprint density at radius 1 is 0.818 bits per heavy atom. The van der Waals surface area contributed by atoms with E-state index in [4.69, 9.17) is 9.47 Å². The standard InChI is InChI=1S/C29H32O4/c1-28(2)14-15-29(3,4)25-17-22(10-12-24(25)28)21-11-13-26(33-18-32-5)23(16-21)19-6-8-20(9-7-19)27(30)31/h6-13,16-17H,14-15,18H2,1-5H3,(H,30,31)/p-1. The molecule has 33 heavy (non-hydrogen) atoms. The summed E-state index contributed by atoms with van der Waals surface area (Å²) >= 11 is 0. The van der Waals surface area contributed by atoms with Crippen LogP contribution in [-0.4, -0.2) is 19.9 Å². The lowest BCUT2D eigenvalue weighted by Crippen LogP contribution is -2.33.